The van der Waals surface area contributed by atoms with Gasteiger partial charge in [-0.2, -0.15) is 5.26 Å². The standard InChI is InChI=1S/C19H17ClN2O2/c20-17-6-4-15(5-7-17)19(16-3-1-2-13(8-16)10-21)22-11-14(12-22)9-18(23)24/h1-8,14,19H,9,11-12H2,(H,23,24)/t19-/m0/s1. The predicted octanol–water partition coefficient (Wildman–Crippen LogP) is 3.71. The van der Waals surface area contributed by atoms with Crippen LogP contribution in [0.5, 0.6) is 0 Å². The summed E-state index contributed by atoms with van der Waals surface area (Å²) < 4.78 is 0. The first-order valence-corrected chi connectivity index (χ1v) is 8.16. The lowest BCUT2D eigenvalue weighted by Gasteiger charge is -2.44. The van der Waals surface area contributed by atoms with Gasteiger partial charge in [0, 0.05) is 18.1 Å². The SMILES string of the molecule is N#Cc1cccc([C@H](c2ccc(Cl)cc2)N2CC(CC(=O)O)C2)c1. The molecular formula is C19H17ClN2O2. The molecule has 3 rings (SSSR count). The second-order valence-corrected chi connectivity index (χ2v) is 6.55. The van der Waals surface area contributed by atoms with Crippen LogP contribution in [0.4, 0.5) is 0 Å². The minimum absolute atomic E-state index is 0.000566. The molecular weight excluding hydrogens is 324 g/mol. The van der Waals surface area contributed by atoms with E-state index in [9.17, 15) is 4.79 Å². The average molecular weight is 341 g/mol. The average Bonchev–Trinajstić information content (AvgIpc) is 2.54. The Morgan fingerprint density at radius 3 is 2.58 bits per heavy atom. The van der Waals surface area contributed by atoms with Crippen LogP contribution in [-0.2, 0) is 4.79 Å². The number of nitriles is 1. The molecule has 1 heterocycles. The fraction of sp³-hybridized carbons (Fsp3) is 0.263. The van der Waals surface area contributed by atoms with Crippen molar-refractivity contribution in [3.63, 3.8) is 0 Å². The minimum atomic E-state index is -0.755. The van der Waals surface area contributed by atoms with E-state index in [1.807, 2.05) is 42.5 Å². The van der Waals surface area contributed by atoms with Crippen molar-refractivity contribution in [2.75, 3.05) is 13.1 Å². The normalized spacial score (nSPS) is 16.2. The van der Waals surface area contributed by atoms with Gasteiger partial charge in [0.25, 0.3) is 0 Å². The molecule has 1 fully saturated rings. The number of halogens is 1. The zero-order chi connectivity index (χ0) is 17.1. The summed E-state index contributed by atoms with van der Waals surface area (Å²) in [5.41, 5.74) is 2.74. The fourth-order valence-corrected chi connectivity index (χ4v) is 3.36. The maximum absolute atomic E-state index is 10.9. The lowest BCUT2D eigenvalue weighted by atomic mass is 9.88. The summed E-state index contributed by atoms with van der Waals surface area (Å²) >= 11 is 6.00. The molecule has 2 aromatic carbocycles. The number of nitrogens with zero attached hydrogens (tertiary/aromatic N) is 2. The van der Waals surface area contributed by atoms with Crippen LogP contribution in [0.3, 0.4) is 0 Å². The molecule has 122 valence electrons. The van der Waals surface area contributed by atoms with Crippen molar-refractivity contribution in [3.05, 3.63) is 70.2 Å². The highest BCUT2D eigenvalue weighted by Gasteiger charge is 2.35. The molecule has 0 bridgehead atoms. The summed E-state index contributed by atoms with van der Waals surface area (Å²) in [5, 5.41) is 18.8. The Kier molecular flexibility index (Phi) is 4.84. The Morgan fingerprint density at radius 1 is 1.25 bits per heavy atom. The third kappa shape index (κ3) is 3.59. The van der Waals surface area contributed by atoms with E-state index >= 15 is 0 Å². The van der Waals surface area contributed by atoms with E-state index in [1.165, 1.54) is 0 Å². The van der Waals surface area contributed by atoms with Crippen LogP contribution in [0.2, 0.25) is 5.02 Å². The summed E-state index contributed by atoms with van der Waals surface area (Å²) in [5.74, 6) is -0.578. The first-order valence-electron chi connectivity index (χ1n) is 7.78. The smallest absolute Gasteiger partial charge is 0.303 e. The van der Waals surface area contributed by atoms with E-state index in [0.717, 1.165) is 24.2 Å². The van der Waals surface area contributed by atoms with Gasteiger partial charge in [0.2, 0.25) is 0 Å². The van der Waals surface area contributed by atoms with Crippen LogP contribution >= 0.6 is 11.6 Å². The minimum Gasteiger partial charge on any atom is -0.481 e. The molecule has 5 heteroatoms. The lowest BCUT2D eigenvalue weighted by Crippen LogP contribution is -2.49. The number of hydrogen-bond acceptors (Lipinski definition) is 3. The van der Waals surface area contributed by atoms with Gasteiger partial charge in [-0.15, -0.1) is 0 Å². The molecule has 1 aliphatic heterocycles. The highest BCUT2D eigenvalue weighted by Crippen LogP contribution is 2.36. The first kappa shape index (κ1) is 16.5. The van der Waals surface area contributed by atoms with Crippen molar-refractivity contribution in [2.24, 2.45) is 5.92 Å². The third-order valence-corrected chi connectivity index (χ3v) is 4.58. The van der Waals surface area contributed by atoms with Crippen LogP contribution in [0.1, 0.15) is 29.2 Å². The van der Waals surface area contributed by atoms with E-state index in [1.54, 1.807) is 6.07 Å². The van der Waals surface area contributed by atoms with Gasteiger partial charge in [-0.3, -0.25) is 9.69 Å². The Balaban J connectivity index is 1.89. The van der Waals surface area contributed by atoms with E-state index in [2.05, 4.69) is 11.0 Å². The summed E-state index contributed by atoms with van der Waals surface area (Å²) in [7, 11) is 0. The maximum atomic E-state index is 10.9. The first-order chi connectivity index (χ1) is 11.6. The summed E-state index contributed by atoms with van der Waals surface area (Å²) in [4.78, 5) is 13.1. The van der Waals surface area contributed by atoms with Gasteiger partial charge in [0.05, 0.1) is 24.1 Å². The molecule has 1 atom stereocenters. The largest absolute Gasteiger partial charge is 0.481 e. The quantitative estimate of drug-likeness (QED) is 0.901. The second-order valence-electron chi connectivity index (χ2n) is 6.11. The predicted molar refractivity (Wildman–Crippen MR) is 91.8 cm³/mol. The van der Waals surface area contributed by atoms with E-state index < -0.39 is 5.97 Å². The highest BCUT2D eigenvalue weighted by molar-refractivity contribution is 6.30. The van der Waals surface area contributed by atoms with Crippen LogP contribution in [0, 0.1) is 17.2 Å². The van der Waals surface area contributed by atoms with Crippen LogP contribution < -0.4 is 0 Å². The Labute approximate surface area is 145 Å². The topological polar surface area (TPSA) is 64.3 Å². The van der Waals surface area contributed by atoms with Crippen LogP contribution in [-0.4, -0.2) is 29.1 Å². The van der Waals surface area contributed by atoms with E-state index in [-0.39, 0.29) is 18.4 Å². The second kappa shape index (κ2) is 7.04. The number of likely N-dealkylation sites (tertiary alicyclic amines) is 1. The number of rotatable bonds is 5. The molecule has 1 saturated heterocycles. The molecule has 1 aliphatic rings. The van der Waals surface area contributed by atoms with E-state index in [0.29, 0.717) is 10.6 Å². The molecule has 0 aromatic heterocycles. The van der Waals surface area contributed by atoms with Crippen LogP contribution in [0.25, 0.3) is 0 Å². The van der Waals surface area contributed by atoms with Crippen molar-refractivity contribution >= 4 is 17.6 Å². The maximum Gasteiger partial charge on any atom is 0.303 e. The van der Waals surface area contributed by atoms with Crippen molar-refractivity contribution < 1.29 is 9.90 Å². The summed E-state index contributed by atoms with van der Waals surface area (Å²) in [6, 6.07) is 17.4. The molecule has 2 aromatic rings. The van der Waals surface area contributed by atoms with Crippen molar-refractivity contribution in [1.82, 2.24) is 4.90 Å². The molecule has 0 saturated carbocycles. The van der Waals surface area contributed by atoms with Gasteiger partial charge < -0.3 is 5.11 Å². The number of benzene rings is 2. The Morgan fingerprint density at radius 2 is 1.96 bits per heavy atom. The molecule has 0 aliphatic carbocycles. The van der Waals surface area contributed by atoms with Gasteiger partial charge in [-0.05, 0) is 41.3 Å². The Bertz CT molecular complexity index is 777. The number of aliphatic carboxylic acids is 1. The van der Waals surface area contributed by atoms with Crippen molar-refractivity contribution in [2.45, 2.75) is 12.5 Å². The molecule has 0 radical (unpaired) electrons. The molecule has 0 amide bonds. The zero-order valence-corrected chi connectivity index (χ0v) is 13.8. The Hall–Kier alpha value is -2.35. The third-order valence-electron chi connectivity index (χ3n) is 4.33. The van der Waals surface area contributed by atoms with E-state index in [4.69, 9.17) is 22.0 Å². The van der Waals surface area contributed by atoms with Gasteiger partial charge >= 0.3 is 5.97 Å². The molecule has 4 nitrogen and oxygen atoms in total. The monoisotopic (exact) mass is 340 g/mol. The zero-order valence-electron chi connectivity index (χ0n) is 13.0. The number of carboxylic acid groups (broad SMARTS) is 1. The van der Waals surface area contributed by atoms with Gasteiger partial charge in [-0.25, -0.2) is 0 Å². The molecule has 1 N–H and O–H groups in total. The summed E-state index contributed by atoms with van der Waals surface area (Å²) in [6.07, 6.45) is 0.197. The van der Waals surface area contributed by atoms with Gasteiger partial charge in [-0.1, -0.05) is 35.9 Å². The van der Waals surface area contributed by atoms with Gasteiger partial charge in [0.15, 0.2) is 0 Å². The van der Waals surface area contributed by atoms with Crippen molar-refractivity contribution in [3.8, 4) is 6.07 Å². The van der Waals surface area contributed by atoms with Crippen molar-refractivity contribution in [1.29, 1.82) is 5.26 Å². The number of hydrogen-bond donors (Lipinski definition) is 1. The summed E-state index contributed by atoms with van der Waals surface area (Å²) in [6.45, 7) is 1.47. The molecule has 24 heavy (non-hydrogen) atoms. The van der Waals surface area contributed by atoms with Crippen LogP contribution in [0.15, 0.2) is 48.5 Å². The molecule has 0 spiro atoms. The number of carbonyl (C=O) groups is 1. The highest BCUT2D eigenvalue weighted by atomic mass is 35.5. The van der Waals surface area contributed by atoms with Gasteiger partial charge in [0.1, 0.15) is 0 Å². The number of carboxylic acids is 1. The lowest BCUT2D eigenvalue weighted by molar-refractivity contribution is -0.139. The molecule has 0 unspecified atom stereocenters. The fourth-order valence-electron chi connectivity index (χ4n) is 3.23.